The van der Waals surface area contributed by atoms with Crippen LogP contribution < -0.4 is 5.32 Å². The van der Waals surface area contributed by atoms with E-state index in [-0.39, 0.29) is 0 Å². The van der Waals surface area contributed by atoms with E-state index >= 15 is 0 Å². The molecule has 1 aliphatic carbocycles. The number of nitrogens with one attached hydrogen (secondary N) is 1. The standard InChI is InChI=1S/C16H28N4/c1-3-12-7-5-8-13(11-12)17-14-9-6-10-20-16(14)18-15(4-2)19-20/h12-14,17H,3-11H2,1-2H3. The molecule has 3 unspecified atom stereocenters. The van der Waals surface area contributed by atoms with E-state index in [1.807, 2.05) is 0 Å². The van der Waals surface area contributed by atoms with Crippen molar-refractivity contribution in [3.63, 3.8) is 0 Å². The highest BCUT2D eigenvalue weighted by Crippen LogP contribution is 2.30. The number of hydrogen-bond acceptors (Lipinski definition) is 3. The Bertz CT molecular complexity index is 440. The number of fused-ring (bicyclic) bond motifs is 1. The zero-order valence-electron chi connectivity index (χ0n) is 12.9. The van der Waals surface area contributed by atoms with E-state index in [1.54, 1.807) is 0 Å². The normalized spacial score (nSPS) is 30.2. The van der Waals surface area contributed by atoms with Gasteiger partial charge in [0.1, 0.15) is 5.82 Å². The van der Waals surface area contributed by atoms with Gasteiger partial charge in [-0.25, -0.2) is 9.67 Å². The number of aromatic nitrogens is 3. The lowest BCUT2D eigenvalue weighted by Crippen LogP contribution is -2.39. The maximum absolute atomic E-state index is 4.74. The Morgan fingerprint density at radius 3 is 2.90 bits per heavy atom. The molecule has 1 saturated carbocycles. The Kier molecular flexibility index (Phi) is 4.39. The number of hydrogen-bond donors (Lipinski definition) is 1. The maximum atomic E-state index is 4.74. The van der Waals surface area contributed by atoms with Crippen molar-refractivity contribution >= 4 is 0 Å². The molecule has 1 fully saturated rings. The first-order chi connectivity index (χ1) is 9.80. The van der Waals surface area contributed by atoms with Crippen LogP contribution >= 0.6 is 0 Å². The van der Waals surface area contributed by atoms with E-state index in [1.165, 1.54) is 50.8 Å². The van der Waals surface area contributed by atoms with Gasteiger partial charge in [0.05, 0.1) is 6.04 Å². The fourth-order valence-corrected chi connectivity index (χ4v) is 3.80. The summed E-state index contributed by atoms with van der Waals surface area (Å²) in [5.41, 5.74) is 0. The SMILES string of the molecule is CCc1nc2n(n1)CCCC2NC1CCCC(CC)C1. The van der Waals surface area contributed by atoms with Gasteiger partial charge in [0.2, 0.25) is 0 Å². The lowest BCUT2D eigenvalue weighted by molar-refractivity contribution is 0.242. The van der Waals surface area contributed by atoms with Crippen LogP contribution in [0.15, 0.2) is 0 Å². The summed E-state index contributed by atoms with van der Waals surface area (Å²) < 4.78 is 2.14. The molecule has 1 aromatic rings. The van der Waals surface area contributed by atoms with E-state index in [2.05, 4.69) is 28.9 Å². The van der Waals surface area contributed by atoms with Crippen LogP contribution in [0, 0.1) is 5.92 Å². The van der Waals surface area contributed by atoms with Gasteiger partial charge in [-0.15, -0.1) is 0 Å². The zero-order valence-corrected chi connectivity index (χ0v) is 12.9. The zero-order chi connectivity index (χ0) is 13.9. The lowest BCUT2D eigenvalue weighted by atomic mass is 9.83. The molecule has 0 radical (unpaired) electrons. The van der Waals surface area contributed by atoms with Crippen LogP contribution in [-0.2, 0) is 13.0 Å². The van der Waals surface area contributed by atoms with Crippen molar-refractivity contribution in [2.75, 3.05) is 0 Å². The fraction of sp³-hybridized carbons (Fsp3) is 0.875. The Hall–Kier alpha value is -0.900. The first kappa shape index (κ1) is 14.1. The fourth-order valence-electron chi connectivity index (χ4n) is 3.80. The Labute approximate surface area is 122 Å². The van der Waals surface area contributed by atoms with Gasteiger partial charge < -0.3 is 5.32 Å². The van der Waals surface area contributed by atoms with Gasteiger partial charge >= 0.3 is 0 Å². The summed E-state index contributed by atoms with van der Waals surface area (Å²) in [7, 11) is 0. The molecule has 3 rings (SSSR count). The van der Waals surface area contributed by atoms with Crippen molar-refractivity contribution < 1.29 is 0 Å². The maximum Gasteiger partial charge on any atom is 0.150 e. The molecular weight excluding hydrogens is 248 g/mol. The minimum atomic E-state index is 0.428. The number of nitrogens with zero attached hydrogens (tertiary/aromatic N) is 3. The van der Waals surface area contributed by atoms with Crippen LogP contribution in [0.5, 0.6) is 0 Å². The van der Waals surface area contributed by atoms with Crippen LogP contribution in [0.3, 0.4) is 0 Å². The second-order valence-electron chi connectivity index (χ2n) is 6.46. The van der Waals surface area contributed by atoms with E-state index < -0.39 is 0 Å². The molecular formula is C16H28N4. The van der Waals surface area contributed by atoms with Crippen molar-refractivity contribution in [3.05, 3.63) is 11.6 Å². The minimum absolute atomic E-state index is 0.428. The molecule has 2 heterocycles. The molecule has 0 bridgehead atoms. The predicted molar refractivity (Wildman–Crippen MR) is 80.5 cm³/mol. The van der Waals surface area contributed by atoms with Crippen LogP contribution in [-0.4, -0.2) is 20.8 Å². The highest BCUT2D eigenvalue weighted by molar-refractivity contribution is 5.03. The first-order valence-corrected chi connectivity index (χ1v) is 8.49. The first-order valence-electron chi connectivity index (χ1n) is 8.49. The minimum Gasteiger partial charge on any atom is -0.304 e. The third-order valence-corrected chi connectivity index (χ3v) is 5.03. The molecule has 0 saturated heterocycles. The molecule has 112 valence electrons. The summed E-state index contributed by atoms with van der Waals surface area (Å²) in [6.07, 6.45) is 10.2. The van der Waals surface area contributed by atoms with Gasteiger partial charge in [0.25, 0.3) is 0 Å². The van der Waals surface area contributed by atoms with Gasteiger partial charge in [-0.2, -0.15) is 5.10 Å². The number of rotatable bonds is 4. The van der Waals surface area contributed by atoms with E-state index in [0.29, 0.717) is 12.1 Å². The quantitative estimate of drug-likeness (QED) is 0.918. The monoisotopic (exact) mass is 276 g/mol. The molecule has 1 aliphatic heterocycles. The van der Waals surface area contributed by atoms with Crippen molar-refractivity contribution in [1.82, 2.24) is 20.1 Å². The molecule has 4 nitrogen and oxygen atoms in total. The number of aryl methyl sites for hydroxylation is 2. The molecule has 2 aliphatic rings. The van der Waals surface area contributed by atoms with Crippen molar-refractivity contribution in [2.24, 2.45) is 5.92 Å². The summed E-state index contributed by atoms with van der Waals surface area (Å²) in [5.74, 6) is 3.12. The van der Waals surface area contributed by atoms with Gasteiger partial charge in [0.15, 0.2) is 5.82 Å². The van der Waals surface area contributed by atoms with Gasteiger partial charge in [-0.05, 0) is 31.6 Å². The summed E-state index contributed by atoms with van der Waals surface area (Å²) in [6, 6.07) is 1.11. The molecule has 0 aromatic carbocycles. The summed E-state index contributed by atoms with van der Waals surface area (Å²) >= 11 is 0. The topological polar surface area (TPSA) is 42.7 Å². The van der Waals surface area contributed by atoms with Crippen LogP contribution in [0.1, 0.15) is 76.5 Å². The third-order valence-electron chi connectivity index (χ3n) is 5.03. The predicted octanol–water partition coefficient (Wildman–Crippen LogP) is 3.23. The summed E-state index contributed by atoms with van der Waals surface area (Å²) in [4.78, 5) is 4.74. The van der Waals surface area contributed by atoms with Crippen LogP contribution in [0.2, 0.25) is 0 Å². The van der Waals surface area contributed by atoms with Crippen molar-refractivity contribution in [2.45, 2.75) is 83.8 Å². The van der Waals surface area contributed by atoms with Gasteiger partial charge in [0, 0.05) is 19.0 Å². The van der Waals surface area contributed by atoms with Crippen molar-refractivity contribution in [1.29, 1.82) is 0 Å². The van der Waals surface area contributed by atoms with Crippen LogP contribution in [0.25, 0.3) is 0 Å². The third kappa shape index (κ3) is 2.90. The second kappa shape index (κ2) is 6.25. The summed E-state index contributed by atoms with van der Waals surface area (Å²) in [6.45, 7) is 5.51. The molecule has 3 atom stereocenters. The lowest BCUT2D eigenvalue weighted by Gasteiger charge is -2.33. The molecule has 1 N–H and O–H groups in total. The molecule has 4 heteroatoms. The molecule has 0 spiro atoms. The van der Waals surface area contributed by atoms with E-state index in [4.69, 9.17) is 4.98 Å². The second-order valence-corrected chi connectivity index (χ2v) is 6.46. The smallest absolute Gasteiger partial charge is 0.150 e. The van der Waals surface area contributed by atoms with E-state index in [9.17, 15) is 0 Å². The molecule has 1 aromatic heterocycles. The molecule has 0 amide bonds. The largest absolute Gasteiger partial charge is 0.304 e. The highest BCUT2D eigenvalue weighted by Gasteiger charge is 2.28. The average Bonchev–Trinajstić information content (AvgIpc) is 2.92. The molecule has 20 heavy (non-hydrogen) atoms. The van der Waals surface area contributed by atoms with Gasteiger partial charge in [-0.1, -0.05) is 33.1 Å². The Morgan fingerprint density at radius 1 is 1.20 bits per heavy atom. The Morgan fingerprint density at radius 2 is 2.10 bits per heavy atom. The Balaban J connectivity index is 1.68. The highest BCUT2D eigenvalue weighted by atomic mass is 15.4. The van der Waals surface area contributed by atoms with Gasteiger partial charge in [-0.3, -0.25) is 0 Å². The van der Waals surface area contributed by atoms with E-state index in [0.717, 1.165) is 24.7 Å². The van der Waals surface area contributed by atoms with Crippen LogP contribution in [0.4, 0.5) is 0 Å². The van der Waals surface area contributed by atoms with Crippen molar-refractivity contribution in [3.8, 4) is 0 Å². The average molecular weight is 276 g/mol. The summed E-state index contributed by atoms with van der Waals surface area (Å²) in [5, 5.41) is 8.50.